The molecule has 23 heavy (non-hydrogen) atoms. The van der Waals surface area contributed by atoms with Gasteiger partial charge in [-0.3, -0.25) is 4.79 Å². The number of carbonyl (C=O) groups excluding carboxylic acids is 1. The van der Waals surface area contributed by atoms with Gasteiger partial charge in [0, 0.05) is 12.6 Å². The van der Waals surface area contributed by atoms with Gasteiger partial charge in [-0.15, -0.1) is 0 Å². The summed E-state index contributed by atoms with van der Waals surface area (Å²) in [5, 5.41) is 2.97. The SMILES string of the molecule is NC(=O)CNCc1ccc(COc2ccc3c(c2)OCO3)cc1. The second-order valence-electron chi connectivity index (χ2n) is 5.19. The van der Waals surface area contributed by atoms with Crippen LogP contribution in [0, 0.1) is 0 Å². The van der Waals surface area contributed by atoms with Crippen molar-refractivity contribution in [3.8, 4) is 17.2 Å². The standard InChI is InChI=1S/C17H18N2O4/c18-17(20)9-19-8-12-1-3-13(4-2-12)10-21-14-5-6-15-16(7-14)23-11-22-15/h1-7,19H,8-11H2,(H2,18,20). The predicted octanol–water partition coefficient (Wildman–Crippen LogP) is 1.57. The van der Waals surface area contributed by atoms with Gasteiger partial charge in [-0.05, 0) is 23.3 Å². The molecule has 0 bridgehead atoms. The number of rotatable bonds is 7. The number of hydrogen-bond acceptors (Lipinski definition) is 5. The Morgan fingerprint density at radius 3 is 2.61 bits per heavy atom. The minimum Gasteiger partial charge on any atom is -0.489 e. The van der Waals surface area contributed by atoms with Crippen molar-refractivity contribution in [3.05, 3.63) is 53.6 Å². The first-order chi connectivity index (χ1) is 11.2. The Morgan fingerprint density at radius 2 is 1.83 bits per heavy atom. The largest absolute Gasteiger partial charge is 0.489 e. The number of benzene rings is 2. The molecule has 120 valence electrons. The predicted molar refractivity (Wildman–Crippen MR) is 84.2 cm³/mol. The van der Waals surface area contributed by atoms with Gasteiger partial charge < -0.3 is 25.3 Å². The highest BCUT2D eigenvalue weighted by Crippen LogP contribution is 2.35. The second kappa shape index (κ2) is 7.02. The van der Waals surface area contributed by atoms with Crippen LogP contribution in [0.15, 0.2) is 42.5 Å². The van der Waals surface area contributed by atoms with E-state index < -0.39 is 0 Å². The van der Waals surface area contributed by atoms with Gasteiger partial charge in [0.25, 0.3) is 0 Å². The molecule has 1 aliphatic heterocycles. The Kier molecular flexibility index (Phi) is 4.63. The minimum atomic E-state index is -0.362. The lowest BCUT2D eigenvalue weighted by molar-refractivity contribution is -0.117. The van der Waals surface area contributed by atoms with Crippen molar-refractivity contribution >= 4 is 5.91 Å². The minimum absolute atomic E-state index is 0.176. The normalized spacial score (nSPS) is 12.2. The molecular weight excluding hydrogens is 296 g/mol. The van der Waals surface area contributed by atoms with Crippen molar-refractivity contribution in [3.63, 3.8) is 0 Å². The molecule has 1 amide bonds. The Bertz CT molecular complexity index is 685. The number of amides is 1. The molecule has 3 rings (SSSR count). The molecule has 0 spiro atoms. The van der Waals surface area contributed by atoms with Crippen LogP contribution in [0.2, 0.25) is 0 Å². The zero-order chi connectivity index (χ0) is 16.1. The maximum atomic E-state index is 10.7. The van der Waals surface area contributed by atoms with E-state index in [0.717, 1.165) is 22.6 Å². The third-order valence-corrected chi connectivity index (χ3v) is 3.40. The van der Waals surface area contributed by atoms with Crippen molar-refractivity contribution in [2.45, 2.75) is 13.2 Å². The lowest BCUT2D eigenvalue weighted by Crippen LogP contribution is -2.28. The number of fused-ring (bicyclic) bond motifs is 1. The number of nitrogens with two attached hydrogens (primary N) is 1. The van der Waals surface area contributed by atoms with Crippen LogP contribution < -0.4 is 25.3 Å². The Labute approximate surface area is 134 Å². The van der Waals surface area contributed by atoms with Crippen molar-refractivity contribution in [1.29, 1.82) is 0 Å². The molecule has 0 fully saturated rings. The summed E-state index contributed by atoms with van der Waals surface area (Å²) in [6.07, 6.45) is 0. The summed E-state index contributed by atoms with van der Waals surface area (Å²) in [5.74, 6) is 1.82. The van der Waals surface area contributed by atoms with E-state index in [9.17, 15) is 4.79 Å². The van der Waals surface area contributed by atoms with Gasteiger partial charge in [-0.1, -0.05) is 24.3 Å². The van der Waals surface area contributed by atoms with Gasteiger partial charge in [0.1, 0.15) is 12.4 Å². The molecule has 0 radical (unpaired) electrons. The fourth-order valence-electron chi connectivity index (χ4n) is 2.22. The maximum Gasteiger partial charge on any atom is 0.231 e. The fourth-order valence-corrected chi connectivity index (χ4v) is 2.22. The van der Waals surface area contributed by atoms with E-state index in [2.05, 4.69) is 5.32 Å². The van der Waals surface area contributed by atoms with E-state index in [1.165, 1.54) is 0 Å². The van der Waals surface area contributed by atoms with Crippen LogP contribution in [0.4, 0.5) is 0 Å². The molecule has 1 heterocycles. The number of ether oxygens (including phenoxy) is 3. The number of carbonyl (C=O) groups is 1. The highest BCUT2D eigenvalue weighted by atomic mass is 16.7. The second-order valence-corrected chi connectivity index (χ2v) is 5.19. The first-order valence-corrected chi connectivity index (χ1v) is 7.30. The van der Waals surface area contributed by atoms with E-state index in [1.807, 2.05) is 42.5 Å². The molecule has 2 aromatic carbocycles. The van der Waals surface area contributed by atoms with Crippen molar-refractivity contribution < 1.29 is 19.0 Å². The van der Waals surface area contributed by atoms with Gasteiger partial charge in [0.05, 0.1) is 6.54 Å². The number of primary amides is 1. The van der Waals surface area contributed by atoms with E-state index in [4.69, 9.17) is 19.9 Å². The quantitative estimate of drug-likeness (QED) is 0.810. The topological polar surface area (TPSA) is 82.8 Å². The molecular formula is C17H18N2O4. The number of nitrogens with one attached hydrogen (secondary N) is 1. The summed E-state index contributed by atoms with van der Waals surface area (Å²) in [6.45, 7) is 1.50. The lowest BCUT2D eigenvalue weighted by Gasteiger charge is -2.08. The lowest BCUT2D eigenvalue weighted by atomic mass is 10.1. The summed E-state index contributed by atoms with van der Waals surface area (Å²) >= 11 is 0. The van der Waals surface area contributed by atoms with E-state index >= 15 is 0 Å². The third kappa shape index (κ3) is 4.14. The zero-order valence-corrected chi connectivity index (χ0v) is 12.6. The summed E-state index contributed by atoms with van der Waals surface area (Å²) in [7, 11) is 0. The average molecular weight is 314 g/mol. The first-order valence-electron chi connectivity index (χ1n) is 7.30. The fraction of sp³-hybridized carbons (Fsp3) is 0.235. The molecule has 6 heteroatoms. The molecule has 2 aromatic rings. The average Bonchev–Trinajstić information content (AvgIpc) is 3.01. The highest BCUT2D eigenvalue weighted by molar-refractivity contribution is 5.75. The molecule has 0 saturated heterocycles. The molecule has 3 N–H and O–H groups in total. The summed E-state index contributed by atoms with van der Waals surface area (Å²) in [5.41, 5.74) is 7.21. The van der Waals surface area contributed by atoms with Crippen molar-refractivity contribution in [1.82, 2.24) is 5.32 Å². The van der Waals surface area contributed by atoms with Crippen LogP contribution in [0.1, 0.15) is 11.1 Å². The van der Waals surface area contributed by atoms with Crippen LogP contribution >= 0.6 is 0 Å². The molecule has 0 aromatic heterocycles. The molecule has 0 atom stereocenters. The Hall–Kier alpha value is -2.73. The van der Waals surface area contributed by atoms with Crippen LogP contribution in [-0.2, 0) is 17.9 Å². The Balaban J connectivity index is 1.51. The maximum absolute atomic E-state index is 10.7. The zero-order valence-electron chi connectivity index (χ0n) is 12.6. The van der Waals surface area contributed by atoms with E-state index in [0.29, 0.717) is 18.9 Å². The van der Waals surface area contributed by atoms with Gasteiger partial charge in [0.2, 0.25) is 12.7 Å². The molecule has 1 aliphatic rings. The molecule has 0 unspecified atom stereocenters. The van der Waals surface area contributed by atoms with Crippen LogP contribution in [0.3, 0.4) is 0 Å². The monoisotopic (exact) mass is 314 g/mol. The van der Waals surface area contributed by atoms with Crippen LogP contribution in [0.5, 0.6) is 17.2 Å². The first kappa shape index (κ1) is 15.2. The molecule has 6 nitrogen and oxygen atoms in total. The van der Waals surface area contributed by atoms with Gasteiger partial charge in [0.15, 0.2) is 11.5 Å². The van der Waals surface area contributed by atoms with Gasteiger partial charge >= 0.3 is 0 Å². The molecule has 0 saturated carbocycles. The van der Waals surface area contributed by atoms with E-state index in [-0.39, 0.29) is 19.2 Å². The third-order valence-electron chi connectivity index (χ3n) is 3.40. The van der Waals surface area contributed by atoms with Crippen molar-refractivity contribution in [2.24, 2.45) is 5.73 Å². The van der Waals surface area contributed by atoms with E-state index in [1.54, 1.807) is 0 Å². The smallest absolute Gasteiger partial charge is 0.231 e. The summed E-state index contributed by atoms with van der Waals surface area (Å²) in [6, 6.07) is 13.5. The van der Waals surface area contributed by atoms with Gasteiger partial charge in [-0.25, -0.2) is 0 Å². The van der Waals surface area contributed by atoms with Gasteiger partial charge in [-0.2, -0.15) is 0 Å². The Morgan fingerprint density at radius 1 is 1.09 bits per heavy atom. The summed E-state index contributed by atoms with van der Waals surface area (Å²) in [4.78, 5) is 10.7. The molecule has 0 aliphatic carbocycles. The van der Waals surface area contributed by atoms with Crippen LogP contribution in [0.25, 0.3) is 0 Å². The number of hydrogen-bond donors (Lipinski definition) is 2. The summed E-state index contributed by atoms with van der Waals surface area (Å²) < 4.78 is 16.3. The highest BCUT2D eigenvalue weighted by Gasteiger charge is 2.13. The van der Waals surface area contributed by atoms with Crippen LogP contribution in [-0.4, -0.2) is 19.2 Å². The van der Waals surface area contributed by atoms with Crippen molar-refractivity contribution in [2.75, 3.05) is 13.3 Å².